The lowest BCUT2D eigenvalue weighted by Crippen LogP contribution is -2.41. The van der Waals surface area contributed by atoms with E-state index in [0.29, 0.717) is 0 Å². The summed E-state index contributed by atoms with van der Waals surface area (Å²) >= 11 is 0. The maximum atomic E-state index is 8.44. The zero-order chi connectivity index (χ0) is 10.3. The van der Waals surface area contributed by atoms with Gasteiger partial charge in [0.1, 0.15) is 0 Å². The molecule has 0 aliphatic carbocycles. The van der Waals surface area contributed by atoms with E-state index in [2.05, 4.69) is 14.0 Å². The molecule has 78 valence electrons. The minimum atomic E-state index is -2.08. The van der Waals surface area contributed by atoms with Crippen molar-refractivity contribution < 1.29 is 19.5 Å². The van der Waals surface area contributed by atoms with Crippen LogP contribution in [-0.4, -0.2) is 42.4 Å². The van der Waals surface area contributed by atoms with E-state index in [1.54, 1.807) is 0 Å². The lowest BCUT2D eigenvalue weighted by atomic mass is 10.4. The first-order valence-electron chi connectivity index (χ1n) is 4.73. The smallest absolute Gasteiger partial charge is 0.249 e. The van der Waals surface area contributed by atoms with Crippen molar-refractivity contribution in [2.24, 2.45) is 0 Å². The van der Waals surface area contributed by atoms with Gasteiger partial charge in [0, 0.05) is 12.8 Å². The maximum absolute atomic E-state index is 8.44. The van der Waals surface area contributed by atoms with Gasteiger partial charge in [-0.2, -0.15) is 0 Å². The van der Waals surface area contributed by atoms with Gasteiger partial charge in [-0.25, -0.2) is 0 Å². The highest BCUT2D eigenvalue weighted by Crippen LogP contribution is 2.15. The molecule has 0 amide bonds. The summed E-state index contributed by atoms with van der Waals surface area (Å²) < 4.78 is 1.34. The van der Waals surface area contributed by atoms with Crippen LogP contribution in [0.15, 0.2) is 0 Å². The zero-order valence-electron chi connectivity index (χ0n) is 8.45. The van der Waals surface area contributed by atoms with Crippen molar-refractivity contribution in [2.45, 2.75) is 26.2 Å². The molecule has 1 aliphatic heterocycles. The van der Waals surface area contributed by atoms with Crippen LogP contribution >= 0.6 is 0 Å². The van der Waals surface area contributed by atoms with Crippen LogP contribution in [0.4, 0.5) is 4.79 Å². The summed E-state index contributed by atoms with van der Waals surface area (Å²) in [5.41, 5.74) is 0. The van der Waals surface area contributed by atoms with Gasteiger partial charge in [-0.15, -0.1) is 0 Å². The SMILES string of the molecule is CCC[N+]1(C)CCCC1.O=C([O-])O. The van der Waals surface area contributed by atoms with Crippen molar-refractivity contribution in [1.29, 1.82) is 0 Å². The fraction of sp³-hybridized carbons (Fsp3) is 0.889. The van der Waals surface area contributed by atoms with Crippen LogP contribution in [0.5, 0.6) is 0 Å². The zero-order valence-corrected chi connectivity index (χ0v) is 8.45. The van der Waals surface area contributed by atoms with Crippen molar-refractivity contribution >= 4 is 6.16 Å². The van der Waals surface area contributed by atoms with Crippen LogP contribution in [0.3, 0.4) is 0 Å². The Morgan fingerprint density at radius 3 is 2.15 bits per heavy atom. The minimum absolute atomic E-state index is 1.34. The molecule has 0 unspecified atom stereocenters. The van der Waals surface area contributed by atoms with Gasteiger partial charge in [0.25, 0.3) is 0 Å². The average molecular weight is 189 g/mol. The second-order valence-corrected chi connectivity index (χ2v) is 3.76. The third-order valence-electron chi connectivity index (χ3n) is 2.41. The molecule has 1 aliphatic rings. The van der Waals surface area contributed by atoms with Crippen molar-refractivity contribution in [3.05, 3.63) is 0 Å². The average Bonchev–Trinajstić information content (AvgIpc) is 2.35. The van der Waals surface area contributed by atoms with E-state index in [1.165, 1.54) is 43.4 Å². The van der Waals surface area contributed by atoms with Crippen LogP contribution in [-0.2, 0) is 0 Å². The first kappa shape index (κ1) is 12.2. The molecule has 0 spiro atoms. The summed E-state index contributed by atoms with van der Waals surface area (Å²) in [4.78, 5) is 8.44. The highest BCUT2D eigenvalue weighted by atomic mass is 16.6. The predicted octanol–water partition coefficient (Wildman–Crippen LogP) is 0.524. The summed E-state index contributed by atoms with van der Waals surface area (Å²) in [5, 5.41) is 15.3. The molecule has 4 heteroatoms. The lowest BCUT2D eigenvalue weighted by Gasteiger charge is -2.28. The second kappa shape index (κ2) is 5.80. The van der Waals surface area contributed by atoms with E-state index >= 15 is 0 Å². The van der Waals surface area contributed by atoms with Crippen LogP contribution in [0.2, 0.25) is 0 Å². The fourth-order valence-corrected chi connectivity index (χ4v) is 1.86. The normalized spacial score (nSPS) is 18.9. The largest absolute Gasteiger partial charge is 0.565 e. The molecule has 1 N–H and O–H groups in total. The Balaban J connectivity index is 0.000000310. The fourth-order valence-electron chi connectivity index (χ4n) is 1.86. The molecule has 0 atom stereocenters. The topological polar surface area (TPSA) is 60.4 Å². The quantitative estimate of drug-likeness (QED) is 0.644. The van der Waals surface area contributed by atoms with E-state index in [9.17, 15) is 0 Å². The van der Waals surface area contributed by atoms with Gasteiger partial charge in [-0.1, -0.05) is 6.92 Å². The number of carbonyl (C=O) groups is 1. The van der Waals surface area contributed by atoms with Crippen molar-refractivity contribution in [3.63, 3.8) is 0 Å². The molecule has 0 aromatic carbocycles. The molecular formula is C9H19NO3. The van der Waals surface area contributed by atoms with Crippen LogP contribution in [0, 0.1) is 0 Å². The molecule has 0 bridgehead atoms. The van der Waals surface area contributed by atoms with E-state index < -0.39 is 6.16 Å². The Kier molecular flexibility index (Phi) is 5.46. The standard InChI is InChI=1S/C8H18N.CH2O3/c1-3-6-9(2)7-4-5-8-9;2-1(3)4/h3-8H2,1-2H3;(H2,2,3,4)/q+1;/p-1. The van der Waals surface area contributed by atoms with Gasteiger partial charge in [-0.05, 0) is 6.42 Å². The molecule has 0 saturated carbocycles. The van der Waals surface area contributed by atoms with Gasteiger partial charge < -0.3 is 19.5 Å². The highest BCUT2D eigenvalue weighted by Gasteiger charge is 2.24. The van der Waals surface area contributed by atoms with Gasteiger partial charge in [0.15, 0.2) is 0 Å². The number of likely N-dealkylation sites (tertiary alicyclic amines) is 1. The summed E-state index contributed by atoms with van der Waals surface area (Å²) in [7, 11) is 2.39. The Labute approximate surface area is 79.4 Å². The molecular weight excluding hydrogens is 170 g/mol. The van der Waals surface area contributed by atoms with E-state index in [4.69, 9.17) is 15.0 Å². The van der Waals surface area contributed by atoms with Crippen LogP contribution < -0.4 is 5.11 Å². The Morgan fingerprint density at radius 1 is 1.46 bits per heavy atom. The van der Waals surface area contributed by atoms with Crippen molar-refractivity contribution in [3.8, 4) is 0 Å². The number of nitrogens with zero attached hydrogens (tertiary/aromatic N) is 1. The molecule has 1 heterocycles. The molecule has 0 aromatic rings. The summed E-state index contributed by atoms with van der Waals surface area (Å²) in [6, 6.07) is 0. The lowest BCUT2D eigenvalue weighted by molar-refractivity contribution is -0.897. The van der Waals surface area contributed by atoms with E-state index in [-0.39, 0.29) is 0 Å². The molecule has 4 nitrogen and oxygen atoms in total. The summed E-state index contributed by atoms with van der Waals surface area (Å²) in [5.74, 6) is 0. The third kappa shape index (κ3) is 6.40. The summed E-state index contributed by atoms with van der Waals surface area (Å²) in [6.45, 7) is 6.52. The van der Waals surface area contributed by atoms with Gasteiger partial charge in [0.05, 0.1) is 26.7 Å². The second-order valence-electron chi connectivity index (χ2n) is 3.76. The van der Waals surface area contributed by atoms with Gasteiger partial charge in [-0.3, -0.25) is 0 Å². The summed E-state index contributed by atoms with van der Waals surface area (Å²) in [6.07, 6.45) is 2.17. The third-order valence-corrected chi connectivity index (χ3v) is 2.41. The first-order chi connectivity index (χ1) is 6.00. The van der Waals surface area contributed by atoms with E-state index in [1.807, 2.05) is 0 Å². The number of carboxylic acid groups (broad SMARTS) is 2. The monoisotopic (exact) mass is 189 g/mol. The Hall–Kier alpha value is -0.770. The van der Waals surface area contributed by atoms with E-state index in [0.717, 1.165) is 0 Å². The van der Waals surface area contributed by atoms with Crippen LogP contribution in [0.25, 0.3) is 0 Å². The minimum Gasteiger partial charge on any atom is -0.565 e. The maximum Gasteiger partial charge on any atom is 0.249 e. The number of hydrogen-bond donors (Lipinski definition) is 1. The molecule has 13 heavy (non-hydrogen) atoms. The van der Waals surface area contributed by atoms with Gasteiger partial charge >= 0.3 is 0 Å². The molecule has 0 radical (unpaired) electrons. The number of hydrogen-bond acceptors (Lipinski definition) is 2. The van der Waals surface area contributed by atoms with Crippen LogP contribution in [0.1, 0.15) is 26.2 Å². The Morgan fingerprint density at radius 2 is 1.85 bits per heavy atom. The highest BCUT2D eigenvalue weighted by molar-refractivity contribution is 5.50. The number of rotatable bonds is 2. The molecule has 1 rings (SSSR count). The predicted molar refractivity (Wildman–Crippen MR) is 48.3 cm³/mol. The molecule has 1 saturated heterocycles. The molecule has 0 aromatic heterocycles. The van der Waals surface area contributed by atoms with Crippen molar-refractivity contribution in [2.75, 3.05) is 26.7 Å². The molecule has 1 fully saturated rings. The van der Waals surface area contributed by atoms with Gasteiger partial charge in [0.2, 0.25) is 6.16 Å². The Bertz CT molecular complexity index is 149. The number of quaternary nitrogens is 1. The van der Waals surface area contributed by atoms with Crippen molar-refractivity contribution in [1.82, 2.24) is 0 Å². The first-order valence-corrected chi connectivity index (χ1v) is 4.73.